The Kier molecular flexibility index (Phi) is 10.6. The van der Waals surface area contributed by atoms with Gasteiger partial charge >= 0.3 is 11.9 Å². The van der Waals surface area contributed by atoms with Crippen LogP contribution in [-0.4, -0.2) is 23.7 Å². The SMILES string of the molecule is CCOC(=O)/C=C/c1cccc(Cl)c1.O=C(O)CCc1cc(Cl)cc(Cl)c1. The number of halogens is 3. The van der Waals surface area contributed by atoms with Crippen molar-refractivity contribution < 1.29 is 19.4 Å². The molecule has 0 atom stereocenters. The Labute approximate surface area is 173 Å². The van der Waals surface area contributed by atoms with Gasteiger partial charge in [-0.05, 0) is 60.9 Å². The summed E-state index contributed by atoms with van der Waals surface area (Å²) in [5.74, 6) is -1.16. The van der Waals surface area contributed by atoms with Crippen LogP contribution in [0.5, 0.6) is 0 Å². The second-order valence-electron chi connectivity index (χ2n) is 5.31. The molecular weight excluding hydrogens is 411 g/mol. The van der Waals surface area contributed by atoms with Crippen LogP contribution in [0, 0.1) is 0 Å². The molecule has 0 heterocycles. The van der Waals surface area contributed by atoms with E-state index in [0.717, 1.165) is 11.1 Å². The Hall–Kier alpha value is -2.01. The molecular formula is C20H19Cl3O4. The number of rotatable bonds is 6. The van der Waals surface area contributed by atoms with E-state index in [1.165, 1.54) is 6.08 Å². The first kappa shape index (κ1) is 23.0. The lowest BCUT2D eigenvalue weighted by Gasteiger charge is -2.00. The zero-order valence-electron chi connectivity index (χ0n) is 14.6. The van der Waals surface area contributed by atoms with Gasteiger partial charge in [0.2, 0.25) is 0 Å². The molecule has 0 fully saturated rings. The maximum atomic E-state index is 11.0. The molecule has 0 bridgehead atoms. The zero-order valence-corrected chi connectivity index (χ0v) is 16.9. The predicted octanol–water partition coefficient (Wildman–Crippen LogP) is 5.93. The molecule has 0 saturated carbocycles. The molecule has 1 N–H and O–H groups in total. The summed E-state index contributed by atoms with van der Waals surface area (Å²) in [6, 6.07) is 12.3. The highest BCUT2D eigenvalue weighted by atomic mass is 35.5. The average Bonchev–Trinajstić information content (AvgIpc) is 2.58. The largest absolute Gasteiger partial charge is 0.481 e. The monoisotopic (exact) mass is 428 g/mol. The van der Waals surface area contributed by atoms with Crippen molar-refractivity contribution in [1.82, 2.24) is 0 Å². The van der Waals surface area contributed by atoms with Gasteiger partial charge in [0.15, 0.2) is 0 Å². The first-order valence-corrected chi connectivity index (χ1v) is 9.20. The zero-order chi connectivity index (χ0) is 20.2. The third kappa shape index (κ3) is 10.7. The van der Waals surface area contributed by atoms with E-state index in [1.807, 2.05) is 12.1 Å². The molecule has 144 valence electrons. The molecule has 0 aliphatic heterocycles. The third-order valence-corrected chi connectivity index (χ3v) is 3.77. The van der Waals surface area contributed by atoms with E-state index < -0.39 is 5.97 Å². The molecule has 2 rings (SSSR count). The minimum absolute atomic E-state index is 0.0939. The van der Waals surface area contributed by atoms with E-state index in [9.17, 15) is 9.59 Å². The molecule has 0 aliphatic rings. The number of aliphatic carboxylic acids is 1. The van der Waals surface area contributed by atoms with Crippen LogP contribution in [0.25, 0.3) is 6.08 Å². The number of carbonyl (C=O) groups excluding carboxylic acids is 1. The average molecular weight is 430 g/mol. The van der Waals surface area contributed by atoms with Gasteiger partial charge in [-0.25, -0.2) is 4.79 Å². The van der Waals surface area contributed by atoms with Crippen molar-refractivity contribution in [2.75, 3.05) is 6.61 Å². The second kappa shape index (κ2) is 12.4. The molecule has 4 nitrogen and oxygen atoms in total. The second-order valence-corrected chi connectivity index (χ2v) is 6.62. The molecule has 2 aromatic rings. The summed E-state index contributed by atoms with van der Waals surface area (Å²) >= 11 is 17.2. The van der Waals surface area contributed by atoms with E-state index in [1.54, 1.807) is 43.3 Å². The van der Waals surface area contributed by atoms with Crippen LogP contribution in [0.4, 0.5) is 0 Å². The number of carbonyl (C=O) groups is 2. The number of carboxylic acids is 1. The normalized spacial score (nSPS) is 10.2. The Morgan fingerprint density at radius 2 is 1.70 bits per heavy atom. The van der Waals surface area contributed by atoms with Crippen molar-refractivity contribution >= 4 is 52.8 Å². The maximum Gasteiger partial charge on any atom is 0.330 e. The summed E-state index contributed by atoms with van der Waals surface area (Å²) in [5.41, 5.74) is 1.73. The Morgan fingerprint density at radius 3 is 2.26 bits per heavy atom. The quantitative estimate of drug-likeness (QED) is 0.457. The lowest BCUT2D eigenvalue weighted by molar-refractivity contribution is -0.138. The van der Waals surface area contributed by atoms with Gasteiger partial charge < -0.3 is 9.84 Å². The summed E-state index contributed by atoms with van der Waals surface area (Å²) < 4.78 is 4.74. The summed E-state index contributed by atoms with van der Waals surface area (Å²) in [6.45, 7) is 2.16. The molecule has 0 saturated heterocycles. The van der Waals surface area contributed by atoms with E-state index in [2.05, 4.69) is 0 Å². The topological polar surface area (TPSA) is 63.6 Å². The van der Waals surface area contributed by atoms with E-state index in [4.69, 9.17) is 44.6 Å². The standard InChI is InChI=1S/C11H11ClO2.C9H8Cl2O2/c1-2-14-11(13)7-6-9-4-3-5-10(12)8-9;10-7-3-6(1-2-9(12)13)4-8(11)5-7/h3-8H,2H2,1H3;3-5H,1-2H2,(H,12,13)/b7-6+;. The molecule has 0 amide bonds. The lowest BCUT2D eigenvalue weighted by atomic mass is 10.1. The minimum Gasteiger partial charge on any atom is -0.481 e. The third-order valence-electron chi connectivity index (χ3n) is 3.10. The van der Waals surface area contributed by atoms with Gasteiger partial charge in [0, 0.05) is 27.6 Å². The number of esters is 1. The highest BCUT2D eigenvalue weighted by Crippen LogP contribution is 2.19. The van der Waals surface area contributed by atoms with Crippen molar-refractivity contribution in [2.24, 2.45) is 0 Å². The fourth-order valence-electron chi connectivity index (χ4n) is 1.97. The molecule has 7 heteroatoms. The summed E-state index contributed by atoms with van der Waals surface area (Å²) in [6.07, 6.45) is 3.60. The summed E-state index contributed by atoms with van der Waals surface area (Å²) in [7, 11) is 0. The summed E-state index contributed by atoms with van der Waals surface area (Å²) in [4.78, 5) is 21.2. The van der Waals surface area contributed by atoms with Gasteiger partial charge in [-0.15, -0.1) is 0 Å². The fraction of sp³-hybridized carbons (Fsp3) is 0.200. The van der Waals surface area contributed by atoms with Crippen LogP contribution in [0.1, 0.15) is 24.5 Å². The van der Waals surface area contributed by atoms with Gasteiger partial charge in [0.25, 0.3) is 0 Å². The fourth-order valence-corrected chi connectivity index (χ4v) is 2.74. The lowest BCUT2D eigenvalue weighted by Crippen LogP contribution is -1.98. The van der Waals surface area contributed by atoms with E-state index >= 15 is 0 Å². The van der Waals surface area contributed by atoms with Crippen LogP contribution in [0.15, 0.2) is 48.5 Å². The molecule has 0 radical (unpaired) electrons. The minimum atomic E-state index is -0.823. The van der Waals surface area contributed by atoms with Crippen molar-refractivity contribution in [3.63, 3.8) is 0 Å². The van der Waals surface area contributed by atoms with Crippen molar-refractivity contribution in [3.8, 4) is 0 Å². The molecule has 2 aromatic carbocycles. The maximum absolute atomic E-state index is 11.0. The number of benzene rings is 2. The van der Waals surface area contributed by atoms with Crippen molar-refractivity contribution in [2.45, 2.75) is 19.8 Å². The first-order valence-electron chi connectivity index (χ1n) is 8.07. The molecule has 0 aromatic heterocycles. The van der Waals surface area contributed by atoms with Crippen LogP contribution in [0.3, 0.4) is 0 Å². The first-order chi connectivity index (χ1) is 12.8. The van der Waals surface area contributed by atoms with E-state index in [-0.39, 0.29) is 12.4 Å². The van der Waals surface area contributed by atoms with Crippen LogP contribution in [-0.2, 0) is 20.7 Å². The molecule has 0 unspecified atom stereocenters. The Morgan fingerprint density at radius 1 is 1.04 bits per heavy atom. The highest BCUT2D eigenvalue weighted by molar-refractivity contribution is 6.34. The summed E-state index contributed by atoms with van der Waals surface area (Å²) in [5, 5.41) is 10.2. The van der Waals surface area contributed by atoms with Crippen LogP contribution in [0.2, 0.25) is 15.1 Å². The highest BCUT2D eigenvalue weighted by Gasteiger charge is 2.01. The smallest absolute Gasteiger partial charge is 0.330 e. The van der Waals surface area contributed by atoms with Crippen molar-refractivity contribution in [3.05, 3.63) is 74.7 Å². The van der Waals surface area contributed by atoms with Gasteiger partial charge in [-0.1, -0.05) is 46.9 Å². The molecule has 27 heavy (non-hydrogen) atoms. The Balaban J connectivity index is 0.000000271. The number of hydrogen-bond donors (Lipinski definition) is 1. The molecule has 0 spiro atoms. The number of aryl methyl sites for hydroxylation is 1. The van der Waals surface area contributed by atoms with Gasteiger partial charge in [0.1, 0.15) is 0 Å². The van der Waals surface area contributed by atoms with Gasteiger partial charge in [0.05, 0.1) is 6.61 Å². The van der Waals surface area contributed by atoms with Crippen LogP contribution < -0.4 is 0 Å². The van der Waals surface area contributed by atoms with Crippen LogP contribution >= 0.6 is 34.8 Å². The molecule has 0 aliphatic carbocycles. The predicted molar refractivity (Wildman–Crippen MR) is 110 cm³/mol. The Bertz CT molecular complexity index is 783. The van der Waals surface area contributed by atoms with Gasteiger partial charge in [-0.2, -0.15) is 0 Å². The van der Waals surface area contributed by atoms with Gasteiger partial charge in [-0.3, -0.25) is 4.79 Å². The van der Waals surface area contributed by atoms with E-state index in [0.29, 0.717) is 28.1 Å². The number of hydrogen-bond acceptors (Lipinski definition) is 3. The number of carboxylic acid groups (broad SMARTS) is 1. The van der Waals surface area contributed by atoms with Crippen molar-refractivity contribution in [1.29, 1.82) is 0 Å². The number of ether oxygens (including phenoxy) is 1.